The zero-order chi connectivity index (χ0) is 14.8. The van der Waals surface area contributed by atoms with Crippen molar-refractivity contribution in [2.75, 3.05) is 0 Å². The molecule has 3 aromatic rings. The zero-order valence-corrected chi connectivity index (χ0v) is 14.9. The fourth-order valence-corrected chi connectivity index (χ4v) is 3.37. The van der Waals surface area contributed by atoms with Gasteiger partial charge in [0, 0.05) is 5.88 Å². The fraction of sp³-hybridized carbons (Fsp3) is 0.0588. The third kappa shape index (κ3) is 3.10. The van der Waals surface area contributed by atoms with Gasteiger partial charge in [0.15, 0.2) is 0 Å². The van der Waals surface area contributed by atoms with Gasteiger partial charge in [-0.2, -0.15) is 0 Å². The number of ether oxygens (including phenoxy) is 1. The van der Waals surface area contributed by atoms with E-state index < -0.39 is 0 Å². The van der Waals surface area contributed by atoms with Crippen molar-refractivity contribution in [3.63, 3.8) is 0 Å². The normalized spacial score (nSPS) is 10.8. The van der Waals surface area contributed by atoms with E-state index in [1.807, 2.05) is 36.4 Å². The molecule has 3 rings (SSSR count). The minimum absolute atomic E-state index is 0.485. The molecule has 0 saturated heterocycles. The zero-order valence-electron chi connectivity index (χ0n) is 10.9. The Morgan fingerprint density at radius 1 is 0.905 bits per heavy atom. The average molecular weight is 427 g/mol. The molecule has 0 aliphatic heterocycles. The van der Waals surface area contributed by atoms with Crippen LogP contribution < -0.4 is 4.74 Å². The highest BCUT2D eigenvalue weighted by Crippen LogP contribution is 2.38. The molecular formula is C17H11Br2ClO. The van der Waals surface area contributed by atoms with Gasteiger partial charge < -0.3 is 4.74 Å². The smallest absolute Gasteiger partial charge is 0.142 e. The lowest BCUT2D eigenvalue weighted by molar-refractivity contribution is 0.477. The van der Waals surface area contributed by atoms with E-state index in [0.717, 1.165) is 31.4 Å². The first kappa shape index (κ1) is 14.9. The Kier molecular flexibility index (Phi) is 4.53. The lowest BCUT2D eigenvalue weighted by Crippen LogP contribution is -1.89. The van der Waals surface area contributed by atoms with Crippen molar-refractivity contribution < 1.29 is 4.74 Å². The van der Waals surface area contributed by atoms with Crippen molar-refractivity contribution >= 4 is 54.2 Å². The standard InChI is InChI=1S/C17H11Br2ClO/c18-14-9-11(10-20)5-7-15(14)21-16-8-6-12-3-1-2-4-13(12)17(16)19/h1-9H,10H2. The van der Waals surface area contributed by atoms with Crippen molar-refractivity contribution in [3.05, 3.63) is 69.1 Å². The van der Waals surface area contributed by atoms with Gasteiger partial charge in [-0.15, -0.1) is 11.6 Å². The molecule has 0 saturated carbocycles. The quantitative estimate of drug-likeness (QED) is 0.414. The summed E-state index contributed by atoms with van der Waals surface area (Å²) in [5.41, 5.74) is 1.05. The lowest BCUT2D eigenvalue weighted by atomic mass is 10.1. The van der Waals surface area contributed by atoms with Crippen molar-refractivity contribution in [3.8, 4) is 11.5 Å². The molecule has 0 heterocycles. The molecule has 106 valence electrons. The van der Waals surface area contributed by atoms with E-state index in [-0.39, 0.29) is 0 Å². The molecule has 0 unspecified atom stereocenters. The van der Waals surface area contributed by atoms with E-state index in [9.17, 15) is 0 Å². The van der Waals surface area contributed by atoms with Gasteiger partial charge >= 0.3 is 0 Å². The van der Waals surface area contributed by atoms with Gasteiger partial charge in [-0.3, -0.25) is 0 Å². The molecule has 0 bridgehead atoms. The summed E-state index contributed by atoms with van der Waals surface area (Å²) in [4.78, 5) is 0. The molecule has 0 aromatic heterocycles. The molecule has 21 heavy (non-hydrogen) atoms. The summed E-state index contributed by atoms with van der Waals surface area (Å²) in [5.74, 6) is 2.03. The number of hydrogen-bond donors (Lipinski definition) is 0. The Labute approximate surface area is 145 Å². The van der Waals surface area contributed by atoms with E-state index in [1.165, 1.54) is 5.39 Å². The van der Waals surface area contributed by atoms with E-state index in [4.69, 9.17) is 16.3 Å². The van der Waals surface area contributed by atoms with Gasteiger partial charge in [0.2, 0.25) is 0 Å². The number of fused-ring (bicyclic) bond motifs is 1. The third-order valence-corrected chi connectivity index (χ3v) is 4.94. The van der Waals surface area contributed by atoms with Gasteiger partial charge in [0.05, 0.1) is 8.95 Å². The minimum Gasteiger partial charge on any atom is -0.455 e. The summed E-state index contributed by atoms with van der Waals surface area (Å²) in [6.07, 6.45) is 0. The molecule has 0 N–H and O–H groups in total. The topological polar surface area (TPSA) is 9.23 Å². The Hall–Kier alpha value is -1.03. The van der Waals surface area contributed by atoms with Crippen LogP contribution in [0.5, 0.6) is 11.5 Å². The molecular weight excluding hydrogens is 415 g/mol. The summed E-state index contributed by atoms with van der Waals surface area (Å²) >= 11 is 13.0. The first-order valence-electron chi connectivity index (χ1n) is 6.38. The first-order chi connectivity index (χ1) is 10.2. The van der Waals surface area contributed by atoms with Crippen LogP contribution in [-0.2, 0) is 5.88 Å². The fourth-order valence-electron chi connectivity index (χ4n) is 2.12. The van der Waals surface area contributed by atoms with Crippen LogP contribution in [0.1, 0.15) is 5.56 Å². The van der Waals surface area contributed by atoms with Gasteiger partial charge in [-0.1, -0.05) is 36.4 Å². The van der Waals surface area contributed by atoms with Gasteiger partial charge in [0.1, 0.15) is 11.5 Å². The van der Waals surface area contributed by atoms with Gasteiger partial charge in [-0.25, -0.2) is 0 Å². The van der Waals surface area contributed by atoms with Crippen LogP contribution in [0.25, 0.3) is 10.8 Å². The second-order valence-corrected chi connectivity index (χ2v) is 6.51. The maximum absolute atomic E-state index is 6.01. The van der Waals surface area contributed by atoms with Crippen LogP contribution in [0, 0.1) is 0 Å². The number of halogens is 3. The monoisotopic (exact) mass is 424 g/mol. The number of hydrogen-bond acceptors (Lipinski definition) is 1. The summed E-state index contributed by atoms with van der Waals surface area (Å²) in [6, 6.07) is 18.1. The van der Waals surface area contributed by atoms with Crippen LogP contribution in [0.3, 0.4) is 0 Å². The molecule has 0 fully saturated rings. The van der Waals surface area contributed by atoms with E-state index in [1.54, 1.807) is 0 Å². The number of alkyl halides is 1. The van der Waals surface area contributed by atoms with Crippen molar-refractivity contribution in [2.45, 2.75) is 5.88 Å². The Balaban J connectivity index is 2.00. The molecule has 4 heteroatoms. The maximum atomic E-state index is 6.01. The number of benzene rings is 3. The van der Waals surface area contributed by atoms with Crippen LogP contribution in [-0.4, -0.2) is 0 Å². The van der Waals surface area contributed by atoms with Crippen LogP contribution in [0.2, 0.25) is 0 Å². The van der Waals surface area contributed by atoms with E-state index in [0.29, 0.717) is 5.88 Å². The summed E-state index contributed by atoms with van der Waals surface area (Å²) < 4.78 is 7.85. The SMILES string of the molecule is ClCc1ccc(Oc2ccc3ccccc3c2Br)c(Br)c1. The average Bonchev–Trinajstić information content (AvgIpc) is 2.52. The highest BCUT2D eigenvalue weighted by Gasteiger charge is 2.09. The predicted octanol–water partition coefficient (Wildman–Crippen LogP) is 6.90. The Bertz CT molecular complexity index is 802. The van der Waals surface area contributed by atoms with Gasteiger partial charge in [-0.05, 0) is 66.4 Å². The third-order valence-electron chi connectivity index (χ3n) is 3.20. The first-order valence-corrected chi connectivity index (χ1v) is 8.50. The van der Waals surface area contributed by atoms with Crippen molar-refractivity contribution in [2.24, 2.45) is 0 Å². The molecule has 1 nitrogen and oxygen atoms in total. The molecule has 0 aliphatic rings. The Morgan fingerprint density at radius 2 is 1.67 bits per heavy atom. The van der Waals surface area contributed by atoms with Crippen LogP contribution in [0.4, 0.5) is 0 Å². The highest BCUT2D eigenvalue weighted by molar-refractivity contribution is 9.11. The minimum atomic E-state index is 0.485. The Morgan fingerprint density at radius 3 is 2.43 bits per heavy atom. The molecule has 0 amide bonds. The van der Waals surface area contributed by atoms with Gasteiger partial charge in [0.25, 0.3) is 0 Å². The van der Waals surface area contributed by atoms with Crippen molar-refractivity contribution in [1.29, 1.82) is 0 Å². The number of rotatable bonds is 3. The highest BCUT2D eigenvalue weighted by atomic mass is 79.9. The van der Waals surface area contributed by atoms with E-state index >= 15 is 0 Å². The second-order valence-electron chi connectivity index (χ2n) is 4.60. The molecule has 0 atom stereocenters. The van der Waals surface area contributed by atoms with E-state index in [2.05, 4.69) is 50.1 Å². The molecule has 3 aromatic carbocycles. The maximum Gasteiger partial charge on any atom is 0.142 e. The largest absolute Gasteiger partial charge is 0.455 e. The lowest BCUT2D eigenvalue weighted by Gasteiger charge is -2.12. The summed E-state index contributed by atoms with van der Waals surface area (Å²) in [5, 5.41) is 2.30. The van der Waals surface area contributed by atoms with Crippen LogP contribution in [0.15, 0.2) is 63.5 Å². The summed E-state index contributed by atoms with van der Waals surface area (Å²) in [6.45, 7) is 0. The molecule has 0 radical (unpaired) electrons. The molecule has 0 aliphatic carbocycles. The second kappa shape index (κ2) is 6.39. The predicted molar refractivity (Wildman–Crippen MR) is 95.4 cm³/mol. The summed E-state index contributed by atoms with van der Waals surface area (Å²) in [7, 11) is 0. The van der Waals surface area contributed by atoms with Crippen molar-refractivity contribution in [1.82, 2.24) is 0 Å². The molecule has 0 spiro atoms. The van der Waals surface area contributed by atoms with Crippen LogP contribution >= 0.6 is 43.5 Å².